The molecule has 0 spiro atoms. The number of aliphatic hydroxyl groups excluding tert-OH is 1. The summed E-state index contributed by atoms with van der Waals surface area (Å²) in [5.74, 6) is 4.77. The molecule has 0 saturated heterocycles. The zero-order valence-corrected chi connectivity index (χ0v) is 14.6. The van der Waals surface area contributed by atoms with E-state index in [4.69, 9.17) is 0 Å². The first-order valence-corrected chi connectivity index (χ1v) is 9.15. The molecule has 1 N–H and O–H groups in total. The van der Waals surface area contributed by atoms with Crippen molar-refractivity contribution in [3.8, 4) is 0 Å². The number of hydrogen-bond donors (Lipinski definition) is 1. The van der Waals surface area contributed by atoms with Crippen molar-refractivity contribution in [1.82, 2.24) is 0 Å². The Morgan fingerprint density at radius 2 is 1.75 bits per heavy atom. The molecule has 0 aromatic heterocycles. The van der Waals surface area contributed by atoms with E-state index in [2.05, 4.69) is 34.6 Å². The summed E-state index contributed by atoms with van der Waals surface area (Å²) < 4.78 is 0. The molecule has 1 heteroatoms. The summed E-state index contributed by atoms with van der Waals surface area (Å²) >= 11 is 0. The van der Waals surface area contributed by atoms with Gasteiger partial charge < -0.3 is 5.11 Å². The highest BCUT2D eigenvalue weighted by Gasteiger charge is 2.34. The zero-order chi connectivity index (χ0) is 15.1. The van der Waals surface area contributed by atoms with Crippen LogP contribution in [0, 0.1) is 35.5 Å². The Hall–Kier alpha value is -0.0400. The second-order valence-electron chi connectivity index (χ2n) is 7.53. The maximum absolute atomic E-state index is 9.51. The fourth-order valence-electron chi connectivity index (χ4n) is 4.39. The summed E-state index contributed by atoms with van der Waals surface area (Å²) in [4.78, 5) is 0. The van der Waals surface area contributed by atoms with Gasteiger partial charge in [-0.2, -0.15) is 0 Å². The van der Waals surface area contributed by atoms with Crippen LogP contribution in [0.1, 0.15) is 79.6 Å². The Kier molecular flexibility index (Phi) is 8.17. The van der Waals surface area contributed by atoms with E-state index in [9.17, 15) is 5.11 Å². The third-order valence-corrected chi connectivity index (χ3v) is 6.37. The van der Waals surface area contributed by atoms with Crippen LogP contribution < -0.4 is 0 Å². The predicted octanol–water partition coefficient (Wildman–Crippen LogP) is 5.52. The average molecular weight is 283 g/mol. The monoisotopic (exact) mass is 282 g/mol. The SMILES string of the molecule is CCC(C)C(C)CC[C@H]1CCC[C@@H]([C@@H](C)CO)C1CC. The Bertz CT molecular complexity index is 250. The van der Waals surface area contributed by atoms with Crippen LogP contribution in [0.3, 0.4) is 0 Å². The largest absolute Gasteiger partial charge is 0.396 e. The van der Waals surface area contributed by atoms with Gasteiger partial charge in [-0.1, -0.05) is 66.7 Å². The molecule has 0 aliphatic heterocycles. The molecule has 3 unspecified atom stereocenters. The standard InChI is InChI=1S/C19H38O/c1-6-14(3)15(4)11-12-17-9-8-10-19(16(5)13-20)18(17)7-2/h14-20H,6-13H2,1-5H3/t14?,15?,16-,17+,18?,19-/m0/s1. The summed E-state index contributed by atoms with van der Waals surface area (Å²) in [5.41, 5.74) is 0. The van der Waals surface area contributed by atoms with Gasteiger partial charge in [0.15, 0.2) is 0 Å². The molecule has 0 heterocycles. The third-order valence-electron chi connectivity index (χ3n) is 6.37. The van der Waals surface area contributed by atoms with Gasteiger partial charge in [-0.05, 0) is 48.3 Å². The highest BCUT2D eigenvalue weighted by atomic mass is 16.3. The summed E-state index contributed by atoms with van der Waals surface area (Å²) in [5, 5.41) is 9.51. The van der Waals surface area contributed by atoms with Crippen LogP contribution in [-0.4, -0.2) is 11.7 Å². The van der Waals surface area contributed by atoms with E-state index in [1.165, 1.54) is 44.9 Å². The van der Waals surface area contributed by atoms with Crippen LogP contribution in [0.4, 0.5) is 0 Å². The van der Waals surface area contributed by atoms with Crippen LogP contribution in [0.25, 0.3) is 0 Å². The number of hydrogen-bond acceptors (Lipinski definition) is 1. The molecule has 1 fully saturated rings. The lowest BCUT2D eigenvalue weighted by Gasteiger charge is -2.41. The molecule has 120 valence electrons. The van der Waals surface area contributed by atoms with Gasteiger partial charge in [-0.25, -0.2) is 0 Å². The van der Waals surface area contributed by atoms with E-state index in [0.29, 0.717) is 12.5 Å². The molecule has 6 atom stereocenters. The van der Waals surface area contributed by atoms with Crippen molar-refractivity contribution >= 4 is 0 Å². The molecule has 0 aromatic rings. The van der Waals surface area contributed by atoms with Crippen LogP contribution in [-0.2, 0) is 0 Å². The summed E-state index contributed by atoms with van der Waals surface area (Å²) in [6, 6.07) is 0. The number of aliphatic hydroxyl groups is 1. The van der Waals surface area contributed by atoms with Crippen molar-refractivity contribution in [1.29, 1.82) is 0 Å². The molecular weight excluding hydrogens is 244 g/mol. The predicted molar refractivity (Wildman–Crippen MR) is 88.7 cm³/mol. The molecule has 1 aliphatic carbocycles. The van der Waals surface area contributed by atoms with E-state index < -0.39 is 0 Å². The maximum Gasteiger partial charge on any atom is 0.0459 e. The Morgan fingerprint density at radius 3 is 2.30 bits per heavy atom. The van der Waals surface area contributed by atoms with Gasteiger partial charge >= 0.3 is 0 Å². The third kappa shape index (κ3) is 4.76. The molecule has 1 aliphatic rings. The zero-order valence-electron chi connectivity index (χ0n) is 14.6. The van der Waals surface area contributed by atoms with Crippen LogP contribution >= 0.6 is 0 Å². The highest BCUT2D eigenvalue weighted by molar-refractivity contribution is 4.84. The average Bonchev–Trinajstić information content (AvgIpc) is 2.50. The van der Waals surface area contributed by atoms with E-state index in [1.807, 2.05) is 0 Å². The van der Waals surface area contributed by atoms with Gasteiger partial charge in [0.2, 0.25) is 0 Å². The van der Waals surface area contributed by atoms with Crippen LogP contribution in [0.15, 0.2) is 0 Å². The van der Waals surface area contributed by atoms with Crippen molar-refractivity contribution < 1.29 is 5.11 Å². The van der Waals surface area contributed by atoms with Crippen molar-refractivity contribution in [2.24, 2.45) is 35.5 Å². The van der Waals surface area contributed by atoms with E-state index in [-0.39, 0.29) is 0 Å². The lowest BCUT2D eigenvalue weighted by molar-refractivity contribution is 0.0632. The lowest BCUT2D eigenvalue weighted by Crippen LogP contribution is -2.33. The normalized spacial score (nSPS) is 31.8. The highest BCUT2D eigenvalue weighted by Crippen LogP contribution is 2.43. The molecule has 0 aromatic carbocycles. The lowest BCUT2D eigenvalue weighted by atomic mass is 9.65. The summed E-state index contributed by atoms with van der Waals surface area (Å²) in [6.45, 7) is 12.1. The maximum atomic E-state index is 9.51. The van der Waals surface area contributed by atoms with E-state index in [0.717, 1.165) is 29.6 Å². The van der Waals surface area contributed by atoms with Gasteiger partial charge in [0.1, 0.15) is 0 Å². The fraction of sp³-hybridized carbons (Fsp3) is 1.00. The quantitative estimate of drug-likeness (QED) is 0.621. The van der Waals surface area contributed by atoms with Crippen molar-refractivity contribution in [3.05, 3.63) is 0 Å². The molecule has 0 radical (unpaired) electrons. The van der Waals surface area contributed by atoms with Gasteiger partial charge in [-0.15, -0.1) is 0 Å². The minimum Gasteiger partial charge on any atom is -0.396 e. The molecule has 1 rings (SSSR count). The molecule has 20 heavy (non-hydrogen) atoms. The van der Waals surface area contributed by atoms with Crippen molar-refractivity contribution in [2.75, 3.05) is 6.61 Å². The molecular formula is C19H38O. The van der Waals surface area contributed by atoms with E-state index in [1.54, 1.807) is 0 Å². The minimum absolute atomic E-state index is 0.372. The van der Waals surface area contributed by atoms with Crippen molar-refractivity contribution in [2.45, 2.75) is 79.6 Å². The van der Waals surface area contributed by atoms with Gasteiger partial charge in [0.25, 0.3) is 0 Å². The smallest absolute Gasteiger partial charge is 0.0459 e. The second kappa shape index (κ2) is 9.07. The fourth-order valence-corrected chi connectivity index (χ4v) is 4.39. The first-order chi connectivity index (χ1) is 9.54. The molecule has 1 saturated carbocycles. The molecule has 1 nitrogen and oxygen atoms in total. The Labute approximate surface area is 127 Å². The van der Waals surface area contributed by atoms with Gasteiger partial charge in [0.05, 0.1) is 0 Å². The summed E-state index contributed by atoms with van der Waals surface area (Å²) in [6.07, 6.45) is 9.59. The Balaban J connectivity index is 2.55. The van der Waals surface area contributed by atoms with Crippen molar-refractivity contribution in [3.63, 3.8) is 0 Å². The van der Waals surface area contributed by atoms with Gasteiger partial charge in [0, 0.05) is 6.61 Å². The van der Waals surface area contributed by atoms with Crippen LogP contribution in [0.2, 0.25) is 0 Å². The second-order valence-corrected chi connectivity index (χ2v) is 7.53. The first-order valence-electron chi connectivity index (χ1n) is 9.15. The van der Waals surface area contributed by atoms with Crippen LogP contribution in [0.5, 0.6) is 0 Å². The topological polar surface area (TPSA) is 20.2 Å². The van der Waals surface area contributed by atoms with E-state index >= 15 is 0 Å². The minimum atomic E-state index is 0.372. The van der Waals surface area contributed by atoms with Gasteiger partial charge in [-0.3, -0.25) is 0 Å². The number of rotatable bonds is 8. The first kappa shape index (κ1) is 18.0. The Morgan fingerprint density at radius 1 is 1.05 bits per heavy atom. The summed E-state index contributed by atoms with van der Waals surface area (Å²) in [7, 11) is 0. The molecule has 0 bridgehead atoms. The molecule has 0 amide bonds.